The van der Waals surface area contributed by atoms with Crippen molar-refractivity contribution in [2.45, 2.75) is 13.0 Å². The van der Waals surface area contributed by atoms with Crippen molar-refractivity contribution in [1.82, 2.24) is 5.32 Å². The Morgan fingerprint density at radius 3 is 2.72 bits per heavy atom. The lowest BCUT2D eigenvalue weighted by molar-refractivity contribution is -0.119. The normalized spacial score (nSPS) is 15.4. The quantitative estimate of drug-likeness (QED) is 0.745. The number of alkyl halides is 1. The van der Waals surface area contributed by atoms with Gasteiger partial charge in [-0.3, -0.25) is 10.1 Å². The van der Waals surface area contributed by atoms with Crippen LogP contribution in [-0.4, -0.2) is 56.8 Å². The van der Waals surface area contributed by atoms with Crippen LogP contribution in [0.4, 0.5) is 20.6 Å². The molecule has 0 aliphatic carbocycles. The van der Waals surface area contributed by atoms with Gasteiger partial charge in [-0.25, -0.2) is 9.18 Å². The maximum absolute atomic E-state index is 14.3. The molecule has 1 saturated heterocycles. The Hall–Kier alpha value is -2.06. The van der Waals surface area contributed by atoms with Crippen molar-refractivity contribution < 1.29 is 23.5 Å². The number of hydrogen-bond donors (Lipinski definition) is 2. The summed E-state index contributed by atoms with van der Waals surface area (Å²) in [6, 6.07) is 4.43. The van der Waals surface area contributed by atoms with Crippen molar-refractivity contribution in [3.63, 3.8) is 0 Å². The Balaban J connectivity index is 1.91. The van der Waals surface area contributed by atoms with E-state index in [2.05, 4.69) is 10.6 Å². The van der Waals surface area contributed by atoms with E-state index in [0.717, 1.165) is 0 Å². The fourth-order valence-corrected chi connectivity index (χ4v) is 2.50. The van der Waals surface area contributed by atoms with Crippen LogP contribution in [0.25, 0.3) is 0 Å². The number of carbonyl (C=O) groups excluding carboxylic acids is 2. The van der Waals surface area contributed by atoms with Gasteiger partial charge in [-0.15, -0.1) is 11.6 Å². The summed E-state index contributed by atoms with van der Waals surface area (Å²) in [7, 11) is 0. The van der Waals surface area contributed by atoms with E-state index in [1.165, 1.54) is 13.0 Å². The second-order valence-corrected chi connectivity index (χ2v) is 5.82. The first kappa shape index (κ1) is 19.3. The predicted octanol–water partition coefficient (Wildman–Crippen LogP) is 1.95. The van der Waals surface area contributed by atoms with Gasteiger partial charge in [0.1, 0.15) is 11.9 Å². The minimum absolute atomic E-state index is 0.0258. The summed E-state index contributed by atoms with van der Waals surface area (Å²) in [6.07, 6.45) is -1.45. The number of ether oxygens (including phenoxy) is 2. The van der Waals surface area contributed by atoms with Crippen LogP contribution in [0.5, 0.6) is 0 Å². The minimum Gasteiger partial charge on any atom is -0.443 e. The molecule has 0 aromatic heterocycles. The van der Waals surface area contributed by atoms with Crippen LogP contribution in [0, 0.1) is 5.82 Å². The van der Waals surface area contributed by atoms with Gasteiger partial charge in [-0.1, -0.05) is 0 Å². The lowest BCUT2D eigenvalue weighted by Crippen LogP contribution is -2.36. The van der Waals surface area contributed by atoms with Gasteiger partial charge in [0.2, 0.25) is 5.91 Å². The highest BCUT2D eigenvalue weighted by atomic mass is 35.5. The molecule has 0 unspecified atom stereocenters. The van der Waals surface area contributed by atoms with Crippen molar-refractivity contribution in [1.29, 1.82) is 0 Å². The molecular weight excluding hydrogens is 353 g/mol. The first-order valence-corrected chi connectivity index (χ1v) is 8.43. The highest BCUT2D eigenvalue weighted by molar-refractivity contribution is 6.18. The number of benzene rings is 1. The molecule has 1 heterocycles. The van der Waals surface area contributed by atoms with E-state index in [1.54, 1.807) is 12.1 Å². The summed E-state index contributed by atoms with van der Waals surface area (Å²) >= 11 is 5.70. The van der Waals surface area contributed by atoms with Crippen molar-refractivity contribution in [3.8, 4) is 0 Å². The molecular formula is C16H21ClFN3O4. The van der Waals surface area contributed by atoms with Gasteiger partial charge < -0.3 is 19.7 Å². The molecule has 1 aliphatic rings. The Labute approximate surface area is 150 Å². The monoisotopic (exact) mass is 373 g/mol. The number of rotatable bonds is 6. The summed E-state index contributed by atoms with van der Waals surface area (Å²) in [5.74, 6) is -0.662. The topological polar surface area (TPSA) is 79.9 Å². The predicted molar refractivity (Wildman–Crippen MR) is 92.7 cm³/mol. The molecule has 9 heteroatoms. The van der Waals surface area contributed by atoms with Crippen LogP contribution in [0.15, 0.2) is 18.2 Å². The standard InChI is InChI=1S/C16H21ClFN3O4/c1-11(22)19-10-13(9-17)25-16(23)20-12-2-3-15(14(18)8-12)21-4-6-24-7-5-21/h2-3,8,13H,4-7,9-10H2,1H3,(H,19,22)(H,20,23)/t13-/m1/s1. The SMILES string of the molecule is CC(=O)NC[C@@H](CCl)OC(=O)Nc1ccc(N2CCOCC2)c(F)c1. The van der Waals surface area contributed by atoms with Gasteiger partial charge in [-0.2, -0.15) is 0 Å². The molecule has 0 radical (unpaired) electrons. The maximum atomic E-state index is 14.3. The van der Waals surface area contributed by atoms with Gasteiger partial charge in [0.05, 0.1) is 31.3 Å². The maximum Gasteiger partial charge on any atom is 0.412 e. The number of nitrogens with one attached hydrogen (secondary N) is 2. The Morgan fingerprint density at radius 2 is 2.12 bits per heavy atom. The molecule has 1 aliphatic heterocycles. The molecule has 2 rings (SSSR count). The Bertz CT molecular complexity index is 611. The third-order valence-corrected chi connectivity index (χ3v) is 3.91. The highest BCUT2D eigenvalue weighted by Gasteiger charge is 2.17. The van der Waals surface area contributed by atoms with Crippen LogP contribution in [0.2, 0.25) is 0 Å². The number of halogens is 2. The Morgan fingerprint density at radius 1 is 1.40 bits per heavy atom. The number of amides is 2. The van der Waals surface area contributed by atoms with Crippen LogP contribution < -0.4 is 15.5 Å². The highest BCUT2D eigenvalue weighted by Crippen LogP contribution is 2.23. The van der Waals surface area contributed by atoms with Crippen LogP contribution in [0.1, 0.15) is 6.92 Å². The summed E-state index contributed by atoms with van der Waals surface area (Å²) in [6.45, 7) is 3.80. The molecule has 7 nitrogen and oxygen atoms in total. The third kappa shape index (κ3) is 6.06. The summed E-state index contributed by atoms with van der Waals surface area (Å²) < 4.78 is 24.6. The van der Waals surface area contributed by atoms with E-state index in [-0.39, 0.29) is 24.0 Å². The average Bonchev–Trinajstić information content (AvgIpc) is 2.59. The molecule has 1 fully saturated rings. The largest absolute Gasteiger partial charge is 0.443 e. The minimum atomic E-state index is -0.769. The molecule has 1 aromatic carbocycles. The number of morpholine rings is 1. The van der Waals surface area contributed by atoms with Crippen LogP contribution >= 0.6 is 11.6 Å². The van der Waals surface area contributed by atoms with E-state index in [0.29, 0.717) is 32.0 Å². The second kappa shape index (κ2) is 9.43. The van der Waals surface area contributed by atoms with Crippen LogP contribution in [0.3, 0.4) is 0 Å². The second-order valence-electron chi connectivity index (χ2n) is 5.51. The number of carbonyl (C=O) groups is 2. The number of anilines is 2. The van der Waals surface area contributed by atoms with E-state index < -0.39 is 18.0 Å². The molecule has 0 bridgehead atoms. The van der Waals surface area contributed by atoms with Gasteiger partial charge in [-0.05, 0) is 18.2 Å². The third-order valence-electron chi connectivity index (χ3n) is 3.57. The molecule has 2 amide bonds. The van der Waals surface area contributed by atoms with Crippen molar-refractivity contribution in [2.24, 2.45) is 0 Å². The average molecular weight is 374 g/mol. The van der Waals surface area contributed by atoms with E-state index >= 15 is 0 Å². The molecule has 25 heavy (non-hydrogen) atoms. The summed E-state index contributed by atoms with van der Waals surface area (Å²) in [5, 5.41) is 4.96. The van der Waals surface area contributed by atoms with Gasteiger partial charge in [0, 0.05) is 25.7 Å². The lowest BCUT2D eigenvalue weighted by atomic mass is 10.2. The summed E-state index contributed by atoms with van der Waals surface area (Å²) in [5.41, 5.74) is 0.735. The fraction of sp³-hybridized carbons (Fsp3) is 0.500. The van der Waals surface area contributed by atoms with Crippen molar-refractivity contribution in [3.05, 3.63) is 24.0 Å². The first-order chi connectivity index (χ1) is 12.0. The zero-order valence-corrected chi connectivity index (χ0v) is 14.6. The van der Waals surface area contributed by atoms with E-state index in [1.807, 2.05) is 4.90 Å². The first-order valence-electron chi connectivity index (χ1n) is 7.90. The zero-order chi connectivity index (χ0) is 18.2. The van der Waals surface area contributed by atoms with Gasteiger partial charge in [0.25, 0.3) is 0 Å². The van der Waals surface area contributed by atoms with Crippen molar-refractivity contribution >= 4 is 35.0 Å². The molecule has 138 valence electrons. The van der Waals surface area contributed by atoms with Gasteiger partial charge in [0.15, 0.2) is 0 Å². The molecule has 1 aromatic rings. The smallest absolute Gasteiger partial charge is 0.412 e. The molecule has 0 saturated carbocycles. The fourth-order valence-electron chi connectivity index (χ4n) is 2.33. The number of nitrogens with zero attached hydrogens (tertiary/aromatic N) is 1. The van der Waals surface area contributed by atoms with Crippen molar-refractivity contribution in [2.75, 3.05) is 48.9 Å². The van der Waals surface area contributed by atoms with E-state index in [4.69, 9.17) is 21.1 Å². The molecule has 0 spiro atoms. The Kier molecular flexibility index (Phi) is 7.27. The molecule has 1 atom stereocenters. The number of hydrogen-bond acceptors (Lipinski definition) is 5. The van der Waals surface area contributed by atoms with Crippen LogP contribution in [-0.2, 0) is 14.3 Å². The summed E-state index contributed by atoms with van der Waals surface area (Å²) in [4.78, 5) is 24.6. The van der Waals surface area contributed by atoms with E-state index in [9.17, 15) is 14.0 Å². The zero-order valence-electron chi connectivity index (χ0n) is 13.9. The van der Waals surface area contributed by atoms with Gasteiger partial charge >= 0.3 is 6.09 Å². The lowest BCUT2D eigenvalue weighted by Gasteiger charge is -2.29. The molecule has 2 N–H and O–H groups in total.